The van der Waals surface area contributed by atoms with E-state index in [0.717, 1.165) is 11.1 Å². The molecular formula is C22H26INO4S. The molecule has 0 saturated carbocycles. The summed E-state index contributed by atoms with van der Waals surface area (Å²) in [5.41, 5.74) is 0.569. The first kappa shape index (κ1) is 22.2. The molecule has 29 heavy (non-hydrogen) atoms. The van der Waals surface area contributed by atoms with Crippen LogP contribution in [-0.2, 0) is 19.6 Å². The van der Waals surface area contributed by atoms with E-state index in [9.17, 15) is 13.2 Å². The van der Waals surface area contributed by atoms with Gasteiger partial charge in [0.1, 0.15) is 5.54 Å². The normalized spacial score (nSPS) is 25.3. The Morgan fingerprint density at radius 2 is 1.72 bits per heavy atom. The third-order valence-corrected chi connectivity index (χ3v) is 8.77. The second-order valence-corrected chi connectivity index (χ2v) is 11.2. The number of sulfonamides is 1. The smallest absolute Gasteiger partial charge is 0.327 e. The van der Waals surface area contributed by atoms with Crippen molar-refractivity contribution in [2.24, 2.45) is 5.92 Å². The van der Waals surface area contributed by atoms with Crippen LogP contribution in [0, 0.1) is 12.8 Å². The van der Waals surface area contributed by atoms with Crippen molar-refractivity contribution in [3.05, 3.63) is 65.7 Å². The molecule has 2 aromatic rings. The van der Waals surface area contributed by atoms with Crippen LogP contribution in [0.4, 0.5) is 0 Å². The van der Waals surface area contributed by atoms with Crippen molar-refractivity contribution in [3.63, 3.8) is 0 Å². The number of carbonyl (C=O) groups excluding carboxylic acids is 1. The molecule has 1 saturated heterocycles. The lowest BCUT2D eigenvalue weighted by Crippen LogP contribution is -2.57. The molecular weight excluding hydrogens is 501 g/mol. The third kappa shape index (κ3) is 3.72. The van der Waals surface area contributed by atoms with Gasteiger partial charge in [-0.25, -0.2) is 8.42 Å². The van der Waals surface area contributed by atoms with Crippen molar-refractivity contribution in [1.82, 2.24) is 4.31 Å². The van der Waals surface area contributed by atoms with Gasteiger partial charge in [-0.05, 0) is 37.0 Å². The highest BCUT2D eigenvalue weighted by Crippen LogP contribution is 2.53. The Bertz CT molecular complexity index is 976. The number of rotatable bonds is 5. The Morgan fingerprint density at radius 1 is 1.14 bits per heavy atom. The summed E-state index contributed by atoms with van der Waals surface area (Å²) < 4.78 is 34.4. The van der Waals surface area contributed by atoms with Gasteiger partial charge in [0.25, 0.3) is 0 Å². The minimum atomic E-state index is -3.97. The number of nitrogens with zero attached hydrogens (tertiary/aromatic N) is 1. The van der Waals surface area contributed by atoms with Crippen molar-refractivity contribution in [3.8, 4) is 0 Å². The summed E-state index contributed by atoms with van der Waals surface area (Å²) >= 11 is 2.27. The van der Waals surface area contributed by atoms with Gasteiger partial charge in [-0.1, -0.05) is 84.5 Å². The average Bonchev–Trinajstić information content (AvgIpc) is 3.03. The maximum absolute atomic E-state index is 13.9. The van der Waals surface area contributed by atoms with Crippen molar-refractivity contribution < 1.29 is 17.9 Å². The predicted molar refractivity (Wildman–Crippen MR) is 121 cm³/mol. The highest BCUT2D eigenvalue weighted by Gasteiger charge is 2.63. The number of hydrogen-bond acceptors (Lipinski definition) is 4. The summed E-state index contributed by atoms with van der Waals surface area (Å²) in [7, 11) is -2.65. The third-order valence-electron chi connectivity index (χ3n) is 5.71. The number of methoxy groups -OCH3 is 1. The van der Waals surface area contributed by atoms with Gasteiger partial charge in [-0.15, -0.1) is 0 Å². The highest BCUT2D eigenvalue weighted by atomic mass is 127. The fraction of sp³-hybridized carbons (Fsp3) is 0.409. The molecule has 156 valence electrons. The Labute approximate surface area is 186 Å². The fourth-order valence-electron chi connectivity index (χ4n) is 4.15. The Morgan fingerprint density at radius 3 is 2.24 bits per heavy atom. The first-order valence-electron chi connectivity index (χ1n) is 9.55. The van der Waals surface area contributed by atoms with Gasteiger partial charge in [0, 0.05) is 3.92 Å². The van der Waals surface area contributed by atoms with Gasteiger partial charge in [0.05, 0.1) is 18.0 Å². The second-order valence-electron chi connectivity index (χ2n) is 7.76. The van der Waals surface area contributed by atoms with Crippen LogP contribution < -0.4 is 0 Å². The van der Waals surface area contributed by atoms with Crippen molar-refractivity contribution in [2.75, 3.05) is 7.11 Å². The quantitative estimate of drug-likeness (QED) is 0.327. The van der Waals surface area contributed by atoms with E-state index in [1.807, 2.05) is 51.1 Å². The molecule has 1 heterocycles. The standard InChI is InChI=1S/C22H26INO4S/c1-15(2)22(21(25)28-4)14-19(23)20(17-8-6-5-7-9-17)24(22)29(26,27)18-12-10-16(3)11-13-18/h5-13,15,19-20H,14H2,1-4H3/t19-,20+,22-/m0/s1. The number of benzene rings is 2. The van der Waals surface area contributed by atoms with Gasteiger partial charge >= 0.3 is 5.97 Å². The van der Waals surface area contributed by atoms with Gasteiger partial charge in [0.2, 0.25) is 10.0 Å². The molecule has 3 rings (SSSR count). The molecule has 0 bridgehead atoms. The van der Waals surface area contributed by atoms with Gasteiger partial charge < -0.3 is 4.74 Å². The molecule has 0 radical (unpaired) electrons. The van der Waals surface area contributed by atoms with Crippen LogP contribution in [0.3, 0.4) is 0 Å². The number of esters is 1. The van der Waals surface area contributed by atoms with Gasteiger partial charge in [-0.3, -0.25) is 4.79 Å². The van der Waals surface area contributed by atoms with Crippen LogP contribution in [0.25, 0.3) is 0 Å². The summed E-state index contributed by atoms with van der Waals surface area (Å²) in [5.74, 6) is -0.774. The molecule has 0 amide bonds. The number of hydrogen-bond donors (Lipinski definition) is 0. The Hall–Kier alpha value is -1.45. The van der Waals surface area contributed by atoms with Gasteiger partial charge in [-0.2, -0.15) is 4.31 Å². The zero-order valence-corrected chi connectivity index (χ0v) is 20.0. The SMILES string of the molecule is COC(=O)[C@@]1(C(C)C)C[C@H](I)[C@@H](c2ccccc2)N1S(=O)(=O)c1ccc(C)cc1. The van der Waals surface area contributed by atoms with E-state index in [1.54, 1.807) is 24.3 Å². The maximum atomic E-state index is 13.9. The van der Waals surface area contributed by atoms with Crippen molar-refractivity contribution >= 4 is 38.6 Å². The summed E-state index contributed by atoms with van der Waals surface area (Å²) in [6.45, 7) is 5.67. The number of halogens is 1. The van der Waals surface area contributed by atoms with Crippen LogP contribution in [0.2, 0.25) is 0 Å². The van der Waals surface area contributed by atoms with Crippen LogP contribution in [0.1, 0.15) is 37.4 Å². The molecule has 2 aromatic carbocycles. The maximum Gasteiger partial charge on any atom is 0.327 e. The van der Waals surface area contributed by atoms with Crippen LogP contribution in [0.5, 0.6) is 0 Å². The molecule has 1 fully saturated rings. The van der Waals surface area contributed by atoms with E-state index in [2.05, 4.69) is 22.6 Å². The molecule has 1 aliphatic heterocycles. The Kier molecular flexibility index (Phi) is 6.41. The second kappa shape index (κ2) is 8.35. The lowest BCUT2D eigenvalue weighted by molar-refractivity contribution is -0.154. The molecule has 3 atom stereocenters. The summed E-state index contributed by atoms with van der Waals surface area (Å²) in [6, 6.07) is 15.8. The lowest BCUT2D eigenvalue weighted by atomic mass is 9.85. The number of ether oxygens (including phenoxy) is 1. The van der Waals surface area contributed by atoms with E-state index < -0.39 is 27.6 Å². The largest absolute Gasteiger partial charge is 0.468 e. The predicted octanol–water partition coefficient (Wildman–Crippen LogP) is 4.50. The zero-order chi connectivity index (χ0) is 21.4. The first-order valence-corrected chi connectivity index (χ1v) is 12.2. The Balaban J connectivity index is 2.28. The minimum Gasteiger partial charge on any atom is -0.468 e. The van der Waals surface area contributed by atoms with E-state index in [0.29, 0.717) is 6.42 Å². The van der Waals surface area contributed by atoms with E-state index in [1.165, 1.54) is 11.4 Å². The highest BCUT2D eigenvalue weighted by molar-refractivity contribution is 14.1. The number of carbonyl (C=O) groups is 1. The molecule has 0 aliphatic carbocycles. The molecule has 0 spiro atoms. The molecule has 0 aromatic heterocycles. The van der Waals surface area contributed by atoms with E-state index in [4.69, 9.17) is 4.74 Å². The lowest BCUT2D eigenvalue weighted by Gasteiger charge is -2.40. The van der Waals surface area contributed by atoms with Crippen LogP contribution in [0.15, 0.2) is 59.5 Å². The fourth-order valence-corrected chi connectivity index (χ4v) is 7.84. The van der Waals surface area contributed by atoms with Crippen LogP contribution in [-0.4, -0.2) is 35.3 Å². The topological polar surface area (TPSA) is 63.7 Å². The summed E-state index contributed by atoms with van der Waals surface area (Å²) in [5, 5.41) is 0. The molecule has 5 nitrogen and oxygen atoms in total. The molecule has 7 heteroatoms. The van der Waals surface area contributed by atoms with Gasteiger partial charge in [0.15, 0.2) is 0 Å². The van der Waals surface area contributed by atoms with E-state index >= 15 is 0 Å². The number of alkyl halides is 1. The average molecular weight is 527 g/mol. The first-order chi connectivity index (χ1) is 13.7. The molecule has 0 unspecified atom stereocenters. The summed E-state index contributed by atoms with van der Waals surface area (Å²) in [4.78, 5) is 13.3. The van der Waals surface area contributed by atoms with Crippen molar-refractivity contribution in [2.45, 2.75) is 47.6 Å². The molecule has 0 N–H and O–H groups in total. The number of aryl methyl sites for hydroxylation is 1. The minimum absolute atomic E-state index is 0.0864. The van der Waals surface area contributed by atoms with Crippen molar-refractivity contribution in [1.29, 1.82) is 0 Å². The zero-order valence-electron chi connectivity index (χ0n) is 17.0. The van der Waals surface area contributed by atoms with Crippen LogP contribution >= 0.6 is 22.6 Å². The summed E-state index contributed by atoms with van der Waals surface area (Å²) in [6.07, 6.45) is 0.391. The molecule has 1 aliphatic rings. The van der Waals surface area contributed by atoms with E-state index in [-0.39, 0.29) is 14.7 Å². The monoisotopic (exact) mass is 527 g/mol.